The molecule has 0 aliphatic heterocycles. The zero-order valence-corrected chi connectivity index (χ0v) is 20.6. The molecular formula is C24H34N2O5S. The second kappa shape index (κ2) is 10.9. The van der Waals surface area contributed by atoms with Gasteiger partial charge in [-0.3, -0.25) is 9.52 Å². The number of methoxy groups -OCH3 is 2. The molecule has 8 heteroatoms. The summed E-state index contributed by atoms with van der Waals surface area (Å²) >= 11 is 0. The summed E-state index contributed by atoms with van der Waals surface area (Å²) in [6, 6.07) is 12.0. The highest BCUT2D eigenvalue weighted by Gasteiger charge is 2.22. The van der Waals surface area contributed by atoms with E-state index in [-0.39, 0.29) is 16.2 Å². The lowest BCUT2D eigenvalue weighted by Crippen LogP contribution is -2.36. The number of rotatable bonds is 10. The van der Waals surface area contributed by atoms with Crippen LogP contribution in [0.4, 0.5) is 5.69 Å². The maximum Gasteiger partial charge on any atom is 0.262 e. The topological polar surface area (TPSA) is 84.9 Å². The molecule has 2 aromatic rings. The van der Waals surface area contributed by atoms with Crippen LogP contribution in [0.5, 0.6) is 0 Å². The first kappa shape index (κ1) is 25.8. The van der Waals surface area contributed by atoms with Crippen LogP contribution in [0.15, 0.2) is 47.4 Å². The second-order valence-corrected chi connectivity index (χ2v) is 10.3. The largest absolute Gasteiger partial charge is 0.383 e. The first-order valence-corrected chi connectivity index (χ1v) is 12.0. The number of benzene rings is 2. The number of hydrogen-bond donors (Lipinski definition) is 1. The fourth-order valence-corrected chi connectivity index (χ4v) is 4.50. The predicted molar refractivity (Wildman–Crippen MR) is 127 cm³/mol. The number of hydrogen-bond acceptors (Lipinski definition) is 5. The fourth-order valence-electron chi connectivity index (χ4n) is 3.18. The Kier molecular flexibility index (Phi) is 8.83. The summed E-state index contributed by atoms with van der Waals surface area (Å²) in [7, 11) is -0.684. The number of ether oxygens (including phenoxy) is 2. The molecule has 1 N–H and O–H groups in total. The third-order valence-electron chi connectivity index (χ3n) is 5.12. The Morgan fingerprint density at radius 2 is 1.62 bits per heavy atom. The number of carbonyl (C=O) groups excluding carboxylic acids is 1. The maximum atomic E-state index is 13.2. The summed E-state index contributed by atoms with van der Waals surface area (Å²) in [6.45, 7) is 9.49. The first-order chi connectivity index (χ1) is 15.0. The van der Waals surface area contributed by atoms with E-state index in [0.717, 1.165) is 5.56 Å². The third kappa shape index (κ3) is 6.79. The van der Waals surface area contributed by atoms with E-state index < -0.39 is 10.0 Å². The van der Waals surface area contributed by atoms with E-state index in [1.807, 2.05) is 32.9 Å². The number of anilines is 1. The van der Waals surface area contributed by atoms with Crippen LogP contribution in [0.3, 0.4) is 0 Å². The Hall–Kier alpha value is -2.42. The molecule has 0 spiro atoms. The number of aryl methyl sites for hydroxylation is 1. The van der Waals surface area contributed by atoms with Gasteiger partial charge in [0.15, 0.2) is 0 Å². The molecular weight excluding hydrogens is 428 g/mol. The Morgan fingerprint density at radius 1 is 1.00 bits per heavy atom. The lowest BCUT2D eigenvalue weighted by atomic mass is 9.87. The number of nitrogens with zero attached hydrogens (tertiary/aromatic N) is 1. The summed E-state index contributed by atoms with van der Waals surface area (Å²) < 4.78 is 39.1. The van der Waals surface area contributed by atoms with E-state index in [9.17, 15) is 13.2 Å². The molecule has 0 unspecified atom stereocenters. The van der Waals surface area contributed by atoms with E-state index in [0.29, 0.717) is 43.1 Å². The van der Waals surface area contributed by atoms with Crippen molar-refractivity contribution in [1.29, 1.82) is 0 Å². The second-order valence-electron chi connectivity index (χ2n) is 8.69. The number of amides is 1. The van der Waals surface area contributed by atoms with Gasteiger partial charge in [0.2, 0.25) is 0 Å². The minimum atomic E-state index is -3.83. The smallest absolute Gasteiger partial charge is 0.262 e. The molecule has 32 heavy (non-hydrogen) atoms. The van der Waals surface area contributed by atoms with Crippen molar-refractivity contribution in [3.63, 3.8) is 0 Å². The Balaban J connectivity index is 2.31. The summed E-state index contributed by atoms with van der Waals surface area (Å²) in [5, 5.41) is 0. The molecule has 0 aliphatic rings. The van der Waals surface area contributed by atoms with Crippen molar-refractivity contribution < 1.29 is 22.7 Å². The molecule has 0 aromatic heterocycles. The van der Waals surface area contributed by atoms with Crippen molar-refractivity contribution in [2.45, 2.75) is 38.0 Å². The van der Waals surface area contributed by atoms with Gasteiger partial charge in [-0.1, -0.05) is 39.0 Å². The molecule has 0 saturated carbocycles. The number of nitrogens with one attached hydrogen (secondary N) is 1. The molecule has 0 saturated heterocycles. The third-order valence-corrected chi connectivity index (χ3v) is 6.65. The molecule has 0 aliphatic carbocycles. The monoisotopic (exact) mass is 462 g/mol. The van der Waals surface area contributed by atoms with Gasteiger partial charge in [-0.15, -0.1) is 0 Å². The van der Waals surface area contributed by atoms with Crippen molar-refractivity contribution in [2.75, 3.05) is 45.2 Å². The molecule has 2 aromatic carbocycles. The van der Waals surface area contributed by atoms with E-state index in [1.165, 1.54) is 0 Å². The Bertz CT molecular complexity index is 1020. The first-order valence-electron chi connectivity index (χ1n) is 10.5. The highest BCUT2D eigenvalue weighted by atomic mass is 32.2. The summed E-state index contributed by atoms with van der Waals surface area (Å²) in [6.07, 6.45) is 0. The molecule has 1 amide bonds. The van der Waals surface area contributed by atoms with Crippen molar-refractivity contribution in [3.8, 4) is 0 Å². The summed E-state index contributed by atoms with van der Waals surface area (Å²) in [5.41, 5.74) is 2.12. The van der Waals surface area contributed by atoms with E-state index >= 15 is 0 Å². The average molecular weight is 463 g/mol. The Morgan fingerprint density at radius 3 is 2.19 bits per heavy atom. The lowest BCUT2D eigenvalue weighted by molar-refractivity contribution is 0.0627. The van der Waals surface area contributed by atoms with Gasteiger partial charge in [0.1, 0.15) is 0 Å². The van der Waals surface area contributed by atoms with Crippen LogP contribution < -0.4 is 4.72 Å². The van der Waals surface area contributed by atoms with Crippen LogP contribution in [0.2, 0.25) is 0 Å². The zero-order chi connectivity index (χ0) is 23.9. The maximum absolute atomic E-state index is 13.2. The number of carbonyl (C=O) groups is 1. The minimum Gasteiger partial charge on any atom is -0.383 e. The molecule has 0 heterocycles. The van der Waals surface area contributed by atoms with Gasteiger partial charge in [-0.2, -0.15) is 0 Å². The molecule has 2 rings (SSSR count). The average Bonchev–Trinajstić information content (AvgIpc) is 2.72. The SMILES string of the molecule is COCCN(CCOC)C(=O)c1cccc(NS(=O)(=O)c2cc(C(C)(C)C)ccc2C)c1. The normalized spacial score (nSPS) is 11.9. The molecule has 0 atom stereocenters. The predicted octanol–water partition coefficient (Wildman–Crippen LogP) is 3.83. The minimum absolute atomic E-state index is 0.182. The summed E-state index contributed by atoms with van der Waals surface area (Å²) in [5.74, 6) is -0.217. The van der Waals surface area contributed by atoms with Gasteiger partial charge in [-0.25, -0.2) is 8.42 Å². The summed E-state index contributed by atoms with van der Waals surface area (Å²) in [4.78, 5) is 14.8. The van der Waals surface area contributed by atoms with Gasteiger partial charge in [0.25, 0.3) is 15.9 Å². The van der Waals surface area contributed by atoms with Gasteiger partial charge < -0.3 is 14.4 Å². The number of sulfonamides is 1. The Labute approximate surface area is 191 Å². The van der Waals surface area contributed by atoms with Gasteiger partial charge in [-0.05, 0) is 47.7 Å². The molecule has 176 valence electrons. The zero-order valence-electron chi connectivity index (χ0n) is 19.8. The van der Waals surface area contributed by atoms with Crippen molar-refractivity contribution in [2.24, 2.45) is 0 Å². The fraction of sp³-hybridized carbons (Fsp3) is 0.458. The molecule has 0 radical (unpaired) electrons. The molecule has 0 fully saturated rings. The van der Waals surface area contributed by atoms with Crippen LogP contribution in [0.25, 0.3) is 0 Å². The quantitative estimate of drug-likeness (QED) is 0.580. The van der Waals surface area contributed by atoms with E-state index in [1.54, 1.807) is 56.4 Å². The van der Waals surface area contributed by atoms with Crippen LogP contribution in [0.1, 0.15) is 42.3 Å². The lowest BCUT2D eigenvalue weighted by Gasteiger charge is -2.22. The van der Waals surface area contributed by atoms with Gasteiger partial charge in [0.05, 0.1) is 18.1 Å². The molecule has 7 nitrogen and oxygen atoms in total. The van der Waals surface area contributed by atoms with E-state index in [2.05, 4.69) is 4.72 Å². The van der Waals surface area contributed by atoms with Crippen LogP contribution in [-0.2, 0) is 24.9 Å². The van der Waals surface area contributed by atoms with Crippen LogP contribution in [-0.4, -0.2) is 59.7 Å². The van der Waals surface area contributed by atoms with Gasteiger partial charge in [0, 0.05) is 38.6 Å². The van der Waals surface area contributed by atoms with Crippen LogP contribution >= 0.6 is 0 Å². The van der Waals surface area contributed by atoms with Crippen molar-refractivity contribution >= 4 is 21.6 Å². The molecule has 0 bridgehead atoms. The van der Waals surface area contributed by atoms with Crippen LogP contribution in [0, 0.1) is 6.92 Å². The van der Waals surface area contributed by atoms with E-state index in [4.69, 9.17) is 9.47 Å². The standard InChI is InChI=1S/C24H34N2O5S/c1-18-10-11-20(24(2,3)4)17-22(18)32(28,29)25-21-9-7-8-19(16-21)23(27)26(12-14-30-5)13-15-31-6/h7-11,16-17,25H,12-15H2,1-6H3. The van der Waals surface area contributed by atoms with Crippen molar-refractivity contribution in [1.82, 2.24) is 4.90 Å². The highest BCUT2D eigenvalue weighted by molar-refractivity contribution is 7.92. The highest BCUT2D eigenvalue weighted by Crippen LogP contribution is 2.28. The van der Waals surface area contributed by atoms with Crippen molar-refractivity contribution in [3.05, 3.63) is 59.2 Å². The van der Waals surface area contributed by atoms with Gasteiger partial charge >= 0.3 is 0 Å².